The quantitative estimate of drug-likeness (QED) is 0.804. The maximum absolute atomic E-state index is 5.68. The number of rotatable bonds is 4. The molecular formula is C16H15Br2NO2. The Hall–Kier alpha value is -1.04. The lowest BCUT2D eigenvalue weighted by Crippen LogP contribution is -2.22. The van der Waals surface area contributed by atoms with Crippen LogP contribution >= 0.6 is 31.9 Å². The van der Waals surface area contributed by atoms with Gasteiger partial charge in [0.05, 0.1) is 22.1 Å². The number of nitrogens with one attached hydrogen (secondary N) is 1. The van der Waals surface area contributed by atoms with E-state index >= 15 is 0 Å². The molecule has 110 valence electrons. The number of para-hydroxylation sites is 1. The summed E-state index contributed by atoms with van der Waals surface area (Å²) in [5, 5.41) is 3.54. The van der Waals surface area contributed by atoms with E-state index in [2.05, 4.69) is 55.4 Å². The maximum Gasteiger partial charge on any atom is 0.147 e. The Labute approximate surface area is 140 Å². The smallest absolute Gasteiger partial charge is 0.147 e. The summed E-state index contributed by atoms with van der Waals surface area (Å²) in [6.07, 6.45) is 0. The predicted octanol–water partition coefficient (Wildman–Crippen LogP) is 4.44. The van der Waals surface area contributed by atoms with Crippen LogP contribution in [0.3, 0.4) is 0 Å². The molecule has 1 heterocycles. The van der Waals surface area contributed by atoms with Crippen molar-refractivity contribution in [1.29, 1.82) is 0 Å². The van der Waals surface area contributed by atoms with Crippen LogP contribution in [0.1, 0.15) is 17.2 Å². The van der Waals surface area contributed by atoms with Crippen LogP contribution in [-0.2, 0) is 6.54 Å². The Morgan fingerprint density at radius 1 is 1.24 bits per heavy atom. The fourth-order valence-corrected chi connectivity index (χ4v) is 4.09. The molecule has 0 aliphatic carbocycles. The summed E-state index contributed by atoms with van der Waals surface area (Å²) in [6.45, 7) is 1.45. The molecule has 21 heavy (non-hydrogen) atoms. The summed E-state index contributed by atoms with van der Waals surface area (Å²) in [7, 11) is 1.66. The lowest BCUT2D eigenvalue weighted by Gasteiger charge is -2.13. The summed E-state index contributed by atoms with van der Waals surface area (Å²) >= 11 is 7.06. The lowest BCUT2D eigenvalue weighted by atomic mass is 10.1. The number of hydrogen-bond acceptors (Lipinski definition) is 3. The van der Waals surface area contributed by atoms with Crippen LogP contribution in [0.5, 0.6) is 11.5 Å². The zero-order chi connectivity index (χ0) is 14.8. The standard InChI is InChI=1S/C16H15Br2NO2/c1-20-16-12(17)6-10(7-13(16)18)8-19-14-9-21-15-5-3-2-4-11(14)15/h2-7,14,19H,8-9H2,1H3. The minimum Gasteiger partial charge on any atom is -0.494 e. The van der Waals surface area contributed by atoms with Crippen LogP contribution in [0.4, 0.5) is 0 Å². The zero-order valence-electron chi connectivity index (χ0n) is 11.5. The van der Waals surface area contributed by atoms with Gasteiger partial charge in [-0.25, -0.2) is 0 Å². The highest BCUT2D eigenvalue weighted by Crippen LogP contribution is 2.35. The molecule has 1 aliphatic heterocycles. The number of ether oxygens (including phenoxy) is 2. The summed E-state index contributed by atoms with van der Waals surface area (Å²) < 4.78 is 12.9. The minimum atomic E-state index is 0.237. The molecule has 1 aliphatic rings. The summed E-state index contributed by atoms with van der Waals surface area (Å²) in [6, 6.07) is 12.5. The number of fused-ring (bicyclic) bond motifs is 1. The third-order valence-corrected chi connectivity index (χ3v) is 4.69. The van der Waals surface area contributed by atoms with Crippen molar-refractivity contribution < 1.29 is 9.47 Å². The molecule has 0 fully saturated rings. The maximum atomic E-state index is 5.68. The van der Waals surface area contributed by atoms with Crippen molar-refractivity contribution in [2.45, 2.75) is 12.6 Å². The molecule has 0 bridgehead atoms. The van der Waals surface area contributed by atoms with Crippen molar-refractivity contribution in [3.63, 3.8) is 0 Å². The second-order valence-electron chi connectivity index (χ2n) is 4.88. The second kappa shape index (κ2) is 6.38. The van der Waals surface area contributed by atoms with Gasteiger partial charge in [-0.05, 0) is 55.6 Å². The van der Waals surface area contributed by atoms with Gasteiger partial charge in [0.15, 0.2) is 0 Å². The lowest BCUT2D eigenvalue weighted by molar-refractivity contribution is 0.310. The highest BCUT2D eigenvalue weighted by molar-refractivity contribution is 9.11. The second-order valence-corrected chi connectivity index (χ2v) is 6.58. The first-order valence-corrected chi connectivity index (χ1v) is 8.24. The van der Waals surface area contributed by atoms with Crippen LogP contribution in [0.15, 0.2) is 45.3 Å². The Balaban J connectivity index is 1.72. The summed E-state index contributed by atoms with van der Waals surface area (Å²) in [4.78, 5) is 0. The van der Waals surface area contributed by atoms with Crippen LogP contribution in [-0.4, -0.2) is 13.7 Å². The predicted molar refractivity (Wildman–Crippen MR) is 89.9 cm³/mol. The Kier molecular flexibility index (Phi) is 4.52. The zero-order valence-corrected chi connectivity index (χ0v) is 14.7. The fourth-order valence-electron chi connectivity index (χ4n) is 2.48. The van der Waals surface area contributed by atoms with E-state index in [4.69, 9.17) is 9.47 Å². The average molecular weight is 413 g/mol. The summed E-state index contributed by atoms with van der Waals surface area (Å²) in [5.41, 5.74) is 2.41. The molecule has 0 radical (unpaired) electrons. The van der Waals surface area contributed by atoms with Gasteiger partial charge in [-0.15, -0.1) is 0 Å². The van der Waals surface area contributed by atoms with Crippen molar-refractivity contribution in [2.24, 2.45) is 0 Å². The van der Waals surface area contributed by atoms with Crippen LogP contribution in [0.25, 0.3) is 0 Å². The normalized spacial score (nSPS) is 16.4. The van der Waals surface area contributed by atoms with Gasteiger partial charge in [0.25, 0.3) is 0 Å². The number of hydrogen-bond donors (Lipinski definition) is 1. The van der Waals surface area contributed by atoms with Crippen molar-refractivity contribution in [3.05, 3.63) is 56.5 Å². The molecule has 2 aromatic rings. The van der Waals surface area contributed by atoms with Crippen molar-refractivity contribution in [1.82, 2.24) is 5.32 Å². The first-order chi connectivity index (χ1) is 10.2. The molecule has 3 rings (SSSR count). The molecule has 0 spiro atoms. The van der Waals surface area contributed by atoms with Crippen molar-refractivity contribution in [2.75, 3.05) is 13.7 Å². The monoisotopic (exact) mass is 411 g/mol. The Morgan fingerprint density at radius 2 is 1.95 bits per heavy atom. The summed E-state index contributed by atoms with van der Waals surface area (Å²) in [5.74, 6) is 1.79. The molecule has 5 heteroatoms. The van der Waals surface area contributed by atoms with E-state index in [0.29, 0.717) is 6.61 Å². The highest BCUT2D eigenvalue weighted by Gasteiger charge is 2.22. The molecule has 0 amide bonds. The first-order valence-electron chi connectivity index (χ1n) is 6.66. The van der Waals surface area contributed by atoms with E-state index in [1.54, 1.807) is 7.11 Å². The molecule has 1 N–H and O–H groups in total. The van der Waals surface area contributed by atoms with E-state index in [-0.39, 0.29) is 6.04 Å². The van der Waals surface area contributed by atoms with Crippen LogP contribution in [0, 0.1) is 0 Å². The molecule has 0 saturated heterocycles. The molecule has 1 atom stereocenters. The number of benzene rings is 2. The van der Waals surface area contributed by atoms with E-state index in [1.165, 1.54) is 11.1 Å². The van der Waals surface area contributed by atoms with Gasteiger partial charge >= 0.3 is 0 Å². The number of methoxy groups -OCH3 is 1. The molecule has 2 aromatic carbocycles. The van der Waals surface area contributed by atoms with E-state index in [1.807, 2.05) is 18.2 Å². The number of halogens is 2. The fraction of sp³-hybridized carbons (Fsp3) is 0.250. The van der Waals surface area contributed by atoms with Gasteiger partial charge in [0, 0.05) is 12.1 Å². The highest BCUT2D eigenvalue weighted by atomic mass is 79.9. The largest absolute Gasteiger partial charge is 0.494 e. The van der Waals surface area contributed by atoms with Gasteiger partial charge in [-0.2, -0.15) is 0 Å². The topological polar surface area (TPSA) is 30.5 Å². The molecule has 3 nitrogen and oxygen atoms in total. The van der Waals surface area contributed by atoms with Gasteiger partial charge < -0.3 is 14.8 Å². The Bertz CT molecular complexity index is 637. The molecule has 0 aromatic heterocycles. The van der Waals surface area contributed by atoms with E-state index in [0.717, 1.165) is 27.0 Å². The van der Waals surface area contributed by atoms with E-state index < -0.39 is 0 Å². The first kappa shape index (κ1) is 14.9. The molecule has 1 unspecified atom stereocenters. The van der Waals surface area contributed by atoms with Crippen LogP contribution < -0.4 is 14.8 Å². The third-order valence-electron chi connectivity index (χ3n) is 3.51. The van der Waals surface area contributed by atoms with Crippen molar-refractivity contribution in [3.8, 4) is 11.5 Å². The van der Waals surface area contributed by atoms with Gasteiger partial charge in [0.2, 0.25) is 0 Å². The van der Waals surface area contributed by atoms with E-state index in [9.17, 15) is 0 Å². The van der Waals surface area contributed by atoms with Gasteiger partial charge in [-0.1, -0.05) is 18.2 Å². The van der Waals surface area contributed by atoms with Gasteiger partial charge in [0.1, 0.15) is 18.1 Å². The van der Waals surface area contributed by atoms with Crippen LogP contribution in [0.2, 0.25) is 0 Å². The molecular weight excluding hydrogens is 398 g/mol. The SMILES string of the molecule is COc1c(Br)cc(CNC2COc3ccccc32)cc1Br. The average Bonchev–Trinajstić information content (AvgIpc) is 2.88. The Morgan fingerprint density at radius 3 is 2.67 bits per heavy atom. The van der Waals surface area contributed by atoms with Gasteiger partial charge in [-0.3, -0.25) is 0 Å². The van der Waals surface area contributed by atoms with Crippen molar-refractivity contribution >= 4 is 31.9 Å². The third kappa shape index (κ3) is 3.10. The molecule has 0 saturated carbocycles. The minimum absolute atomic E-state index is 0.237.